The molecule has 0 spiro atoms. The molecule has 3 heteroatoms. The van der Waals surface area contributed by atoms with Gasteiger partial charge in [-0.15, -0.1) is 23.2 Å². The topological polar surface area (TPSA) is 17.1 Å². The molecule has 0 heterocycles. The van der Waals surface area contributed by atoms with Crippen LogP contribution in [0.5, 0.6) is 0 Å². The Morgan fingerprint density at radius 3 is 2.67 bits per heavy atom. The second kappa shape index (κ2) is 6.37. The van der Waals surface area contributed by atoms with Gasteiger partial charge in [0.2, 0.25) is 0 Å². The fourth-order valence-corrected chi connectivity index (χ4v) is 0.781. The number of hydrogen-bond acceptors (Lipinski definition) is 1. The number of hydrogen-bond donors (Lipinski definition) is 0. The maximum atomic E-state index is 9.67. The highest BCUT2D eigenvalue weighted by Gasteiger charge is 2.00. The maximum Gasteiger partial charge on any atom is 0.198 e. The van der Waals surface area contributed by atoms with Gasteiger partial charge in [-0.2, -0.15) is 0 Å². The number of unbranched alkanes of at least 4 members (excludes halogenated alkanes) is 1. The second-order valence-corrected chi connectivity index (χ2v) is 2.71. The molecule has 1 nitrogen and oxygen atoms in total. The lowest BCUT2D eigenvalue weighted by Gasteiger charge is -2.00. The van der Waals surface area contributed by atoms with Gasteiger partial charge in [-0.3, -0.25) is 4.79 Å². The van der Waals surface area contributed by atoms with Crippen molar-refractivity contribution in [3.63, 3.8) is 0 Å². The minimum atomic E-state index is 0.0139. The van der Waals surface area contributed by atoms with Gasteiger partial charge < -0.3 is 0 Å². The lowest BCUT2D eigenvalue weighted by molar-refractivity contribution is 0.546. The molecule has 0 aliphatic heterocycles. The van der Waals surface area contributed by atoms with E-state index in [1.807, 2.05) is 0 Å². The number of halogens is 2. The van der Waals surface area contributed by atoms with E-state index in [4.69, 9.17) is 23.2 Å². The van der Waals surface area contributed by atoms with E-state index in [1.54, 1.807) is 6.29 Å². The van der Waals surface area contributed by atoms with Crippen LogP contribution in [0.2, 0.25) is 0 Å². The summed E-state index contributed by atoms with van der Waals surface area (Å²) in [5.41, 5.74) is 0. The van der Waals surface area contributed by atoms with Gasteiger partial charge in [-0.25, -0.2) is 0 Å². The molecular formula is C6H9Cl2O. The minimum absolute atomic E-state index is 0.0139. The average Bonchev–Trinajstić information content (AvgIpc) is 1.89. The van der Waals surface area contributed by atoms with Crippen molar-refractivity contribution in [2.24, 2.45) is 0 Å². The quantitative estimate of drug-likeness (QED) is 0.453. The van der Waals surface area contributed by atoms with Crippen LogP contribution in [0.4, 0.5) is 0 Å². The molecule has 0 aromatic carbocycles. The summed E-state index contributed by atoms with van der Waals surface area (Å²) in [4.78, 5) is 9.67. The van der Waals surface area contributed by atoms with E-state index < -0.39 is 0 Å². The molecule has 1 atom stereocenters. The summed E-state index contributed by atoms with van der Waals surface area (Å²) in [5, 5.41) is 0.0139. The molecule has 0 rings (SSSR count). The van der Waals surface area contributed by atoms with Gasteiger partial charge in [-0.05, 0) is 12.8 Å². The normalized spacial score (nSPS) is 13.1. The standard InChI is InChI=1S/C6H9Cl2O/c7-5-6(8)3-1-2-4-9/h6H,1-3,5H2. The van der Waals surface area contributed by atoms with Crippen molar-refractivity contribution in [1.29, 1.82) is 0 Å². The second-order valence-electron chi connectivity index (χ2n) is 1.79. The van der Waals surface area contributed by atoms with E-state index in [0.29, 0.717) is 12.3 Å². The van der Waals surface area contributed by atoms with E-state index in [2.05, 4.69) is 0 Å². The highest BCUT2D eigenvalue weighted by atomic mass is 35.5. The lowest BCUT2D eigenvalue weighted by atomic mass is 10.2. The first-order chi connectivity index (χ1) is 4.31. The summed E-state index contributed by atoms with van der Waals surface area (Å²) in [6.07, 6.45) is 3.87. The summed E-state index contributed by atoms with van der Waals surface area (Å²) in [6, 6.07) is 0. The Balaban J connectivity index is 2.96. The molecule has 1 radical (unpaired) electrons. The van der Waals surface area contributed by atoms with Crippen molar-refractivity contribution in [3.8, 4) is 0 Å². The zero-order valence-electron chi connectivity index (χ0n) is 5.07. The molecule has 0 N–H and O–H groups in total. The van der Waals surface area contributed by atoms with Crippen LogP contribution < -0.4 is 0 Å². The van der Waals surface area contributed by atoms with Crippen molar-refractivity contribution >= 4 is 29.5 Å². The van der Waals surface area contributed by atoms with Gasteiger partial charge in [0.15, 0.2) is 6.29 Å². The molecular weight excluding hydrogens is 159 g/mol. The summed E-state index contributed by atoms with van der Waals surface area (Å²) in [7, 11) is 0. The van der Waals surface area contributed by atoms with Gasteiger partial charge in [-0.1, -0.05) is 0 Å². The van der Waals surface area contributed by atoms with Crippen LogP contribution in [-0.2, 0) is 4.79 Å². The van der Waals surface area contributed by atoms with E-state index in [0.717, 1.165) is 12.8 Å². The Kier molecular flexibility index (Phi) is 6.55. The van der Waals surface area contributed by atoms with Crippen LogP contribution in [0.25, 0.3) is 0 Å². The number of rotatable bonds is 5. The maximum absolute atomic E-state index is 9.67. The van der Waals surface area contributed by atoms with Gasteiger partial charge in [0.1, 0.15) is 0 Å². The first kappa shape index (κ1) is 9.25. The summed E-state index contributed by atoms with van der Waals surface area (Å²) in [6.45, 7) is 0. The van der Waals surface area contributed by atoms with E-state index in [1.165, 1.54) is 0 Å². The largest absolute Gasteiger partial charge is 0.291 e. The summed E-state index contributed by atoms with van der Waals surface area (Å²) < 4.78 is 0. The number of carbonyl (C=O) groups excluding carboxylic acids is 1. The van der Waals surface area contributed by atoms with Gasteiger partial charge >= 0.3 is 0 Å². The molecule has 0 bridgehead atoms. The predicted molar refractivity (Wildman–Crippen MR) is 39.9 cm³/mol. The van der Waals surface area contributed by atoms with Crippen LogP contribution in [-0.4, -0.2) is 17.5 Å². The van der Waals surface area contributed by atoms with Gasteiger partial charge in [0, 0.05) is 17.7 Å². The molecule has 0 aliphatic rings. The van der Waals surface area contributed by atoms with Crippen molar-refractivity contribution in [1.82, 2.24) is 0 Å². The van der Waals surface area contributed by atoms with Crippen LogP contribution in [0.15, 0.2) is 0 Å². The Morgan fingerprint density at radius 2 is 2.22 bits per heavy atom. The number of alkyl halides is 2. The molecule has 0 aliphatic carbocycles. The van der Waals surface area contributed by atoms with E-state index in [9.17, 15) is 4.79 Å². The Morgan fingerprint density at radius 1 is 1.56 bits per heavy atom. The SMILES string of the molecule is O=[C]CCCC(Cl)CCl. The summed E-state index contributed by atoms with van der Waals surface area (Å²) in [5.74, 6) is 0.459. The Hall–Kier alpha value is 0.250. The van der Waals surface area contributed by atoms with Crippen LogP contribution in [0.3, 0.4) is 0 Å². The van der Waals surface area contributed by atoms with Crippen LogP contribution in [0, 0.1) is 0 Å². The fourth-order valence-electron chi connectivity index (χ4n) is 0.473. The molecule has 0 aromatic heterocycles. The molecule has 0 amide bonds. The molecule has 1 unspecified atom stereocenters. The lowest BCUT2D eigenvalue weighted by Crippen LogP contribution is -1.99. The van der Waals surface area contributed by atoms with Gasteiger partial charge in [0.05, 0.1) is 0 Å². The molecule has 9 heavy (non-hydrogen) atoms. The van der Waals surface area contributed by atoms with Crippen molar-refractivity contribution in [2.75, 3.05) is 5.88 Å². The van der Waals surface area contributed by atoms with Crippen molar-refractivity contribution in [3.05, 3.63) is 0 Å². The zero-order chi connectivity index (χ0) is 7.11. The third-order valence-electron chi connectivity index (χ3n) is 0.964. The molecule has 0 saturated carbocycles. The van der Waals surface area contributed by atoms with Crippen molar-refractivity contribution in [2.45, 2.75) is 24.6 Å². The highest BCUT2D eigenvalue weighted by Crippen LogP contribution is 2.07. The third-order valence-corrected chi connectivity index (χ3v) is 1.87. The molecule has 0 saturated heterocycles. The molecule has 53 valence electrons. The van der Waals surface area contributed by atoms with Gasteiger partial charge in [0.25, 0.3) is 0 Å². The average molecular weight is 168 g/mol. The highest BCUT2D eigenvalue weighted by molar-refractivity contribution is 6.28. The zero-order valence-corrected chi connectivity index (χ0v) is 6.58. The Bertz CT molecular complexity index is 75.5. The fraction of sp³-hybridized carbons (Fsp3) is 0.833. The van der Waals surface area contributed by atoms with Crippen molar-refractivity contribution < 1.29 is 4.79 Å². The summed E-state index contributed by atoms with van der Waals surface area (Å²) >= 11 is 11.0. The predicted octanol–water partition coefficient (Wildman–Crippen LogP) is 2.11. The smallest absolute Gasteiger partial charge is 0.198 e. The Labute approximate surface area is 65.3 Å². The first-order valence-electron chi connectivity index (χ1n) is 2.86. The monoisotopic (exact) mass is 167 g/mol. The van der Waals surface area contributed by atoms with Crippen LogP contribution in [0.1, 0.15) is 19.3 Å². The van der Waals surface area contributed by atoms with Crippen LogP contribution >= 0.6 is 23.2 Å². The molecule has 0 aromatic rings. The minimum Gasteiger partial charge on any atom is -0.291 e. The third kappa shape index (κ3) is 6.13. The van der Waals surface area contributed by atoms with E-state index >= 15 is 0 Å². The van der Waals surface area contributed by atoms with E-state index in [-0.39, 0.29) is 5.38 Å². The molecule has 0 fully saturated rings. The first-order valence-corrected chi connectivity index (χ1v) is 3.83.